The Bertz CT molecular complexity index is 657. The van der Waals surface area contributed by atoms with E-state index in [2.05, 4.69) is 24.3 Å². The zero-order valence-corrected chi connectivity index (χ0v) is 19.3. The van der Waals surface area contributed by atoms with E-state index in [1.807, 2.05) is 0 Å². The minimum atomic E-state index is -0.387. The van der Waals surface area contributed by atoms with Crippen LogP contribution in [-0.2, 0) is 9.47 Å². The van der Waals surface area contributed by atoms with Gasteiger partial charge in [0, 0.05) is 19.3 Å². The largest absolute Gasteiger partial charge is 0.520 e. The summed E-state index contributed by atoms with van der Waals surface area (Å²) in [6, 6.07) is -0.269. The second kappa shape index (κ2) is 13.8. The number of nitrogens with one attached hydrogen (secondary N) is 1. The van der Waals surface area contributed by atoms with Crippen LogP contribution in [0.4, 0.5) is 4.79 Å². The molecule has 30 heavy (non-hydrogen) atoms. The fourth-order valence-electron chi connectivity index (χ4n) is 3.26. The molecule has 9 heteroatoms. The molecule has 0 atom stereocenters. The average molecular weight is 443 g/mol. The van der Waals surface area contributed by atoms with Crippen LogP contribution in [0, 0.1) is 5.92 Å². The number of hydrogen-bond donors (Lipinski definition) is 1. The van der Waals surface area contributed by atoms with Crippen molar-refractivity contribution in [2.45, 2.75) is 76.5 Å². The number of aromatic nitrogens is 2. The second-order valence-corrected chi connectivity index (χ2v) is 9.08. The van der Waals surface area contributed by atoms with Crippen molar-refractivity contribution >= 4 is 23.6 Å². The van der Waals surface area contributed by atoms with Gasteiger partial charge in [0.05, 0.1) is 25.9 Å². The smallest absolute Gasteiger partial charge is 0.390 e. The van der Waals surface area contributed by atoms with E-state index in [-0.39, 0.29) is 23.7 Å². The van der Waals surface area contributed by atoms with Crippen LogP contribution >= 0.6 is 11.8 Å². The Kier molecular flexibility index (Phi) is 11.4. The van der Waals surface area contributed by atoms with Crippen molar-refractivity contribution in [2.24, 2.45) is 5.92 Å². The lowest BCUT2D eigenvalue weighted by Gasteiger charge is -2.09. The molecule has 1 aliphatic rings. The summed E-state index contributed by atoms with van der Waals surface area (Å²) in [4.78, 5) is 25.6. The standard InChI is InChI=1S/C21H35N3O5S/c1-16(2)10-11-18(25)19-24(20(26)22-17-8-6-4-5-7-9-17)23-21(29-19)30-15-14-28-13-12-27-3/h16-17H,4-15H2,1-3H3/p+1. The van der Waals surface area contributed by atoms with Gasteiger partial charge in [0.2, 0.25) is 5.78 Å². The fraction of sp³-hybridized carbons (Fsp3) is 0.810. The van der Waals surface area contributed by atoms with Gasteiger partial charge in [-0.2, -0.15) is 4.79 Å². The van der Waals surface area contributed by atoms with Crippen molar-refractivity contribution in [3.05, 3.63) is 5.89 Å². The van der Waals surface area contributed by atoms with Crippen molar-refractivity contribution < 1.29 is 28.2 Å². The number of ether oxygens (including phenoxy) is 2. The number of carbonyl (C=O) groups excluding carboxylic acids is 2. The monoisotopic (exact) mass is 442 g/mol. The molecular formula is C21H36N3O5S+. The molecular weight excluding hydrogens is 406 g/mol. The van der Waals surface area contributed by atoms with E-state index in [1.165, 1.54) is 24.6 Å². The Morgan fingerprint density at radius 3 is 2.60 bits per heavy atom. The molecule has 1 aromatic heterocycles. The van der Waals surface area contributed by atoms with E-state index in [4.69, 9.17) is 13.9 Å². The highest BCUT2D eigenvalue weighted by atomic mass is 32.2. The molecule has 0 bridgehead atoms. The lowest BCUT2D eigenvalue weighted by Crippen LogP contribution is -2.57. The third-order valence-electron chi connectivity index (χ3n) is 5.01. The molecule has 1 amide bonds. The van der Waals surface area contributed by atoms with Gasteiger partial charge in [-0.05, 0) is 47.8 Å². The zero-order chi connectivity index (χ0) is 21.8. The Morgan fingerprint density at radius 1 is 1.20 bits per heavy atom. The number of nitrogens with zero attached hydrogens (tertiary/aromatic N) is 2. The maximum atomic E-state index is 12.9. The number of rotatable bonds is 12. The maximum absolute atomic E-state index is 12.9. The predicted molar refractivity (Wildman–Crippen MR) is 114 cm³/mol. The van der Waals surface area contributed by atoms with Gasteiger partial charge in [0.1, 0.15) is 0 Å². The topological polar surface area (TPSA) is 94.5 Å². The van der Waals surface area contributed by atoms with Gasteiger partial charge in [-0.15, -0.1) is 0 Å². The Morgan fingerprint density at radius 2 is 1.93 bits per heavy atom. The summed E-state index contributed by atoms with van der Waals surface area (Å²) >= 11 is 1.33. The third-order valence-corrected chi connectivity index (χ3v) is 5.79. The van der Waals surface area contributed by atoms with Crippen LogP contribution in [0.2, 0.25) is 0 Å². The van der Waals surface area contributed by atoms with Gasteiger partial charge in [0.15, 0.2) is 0 Å². The Hall–Kier alpha value is -1.45. The van der Waals surface area contributed by atoms with E-state index >= 15 is 0 Å². The summed E-state index contributed by atoms with van der Waals surface area (Å²) in [5, 5.41) is 7.62. The minimum Gasteiger partial charge on any atom is -0.390 e. The van der Waals surface area contributed by atoms with E-state index in [1.54, 1.807) is 7.11 Å². The molecule has 1 N–H and O–H groups in total. The highest BCUT2D eigenvalue weighted by Gasteiger charge is 2.33. The Balaban J connectivity index is 2.03. The number of amides is 1. The molecule has 0 unspecified atom stereocenters. The summed E-state index contributed by atoms with van der Waals surface area (Å²) in [5.74, 6) is 0.803. The number of thioether (sulfide) groups is 1. The van der Waals surface area contributed by atoms with Crippen LogP contribution in [0.15, 0.2) is 9.64 Å². The Labute approximate surface area is 183 Å². The van der Waals surface area contributed by atoms with Crippen LogP contribution in [0.1, 0.15) is 75.9 Å². The molecule has 1 heterocycles. The molecule has 1 fully saturated rings. The summed E-state index contributed by atoms with van der Waals surface area (Å²) in [7, 11) is 1.63. The van der Waals surface area contributed by atoms with Crippen molar-refractivity contribution in [3.63, 3.8) is 0 Å². The van der Waals surface area contributed by atoms with Gasteiger partial charge < -0.3 is 13.9 Å². The molecule has 1 saturated carbocycles. The van der Waals surface area contributed by atoms with Crippen molar-refractivity contribution in [3.8, 4) is 0 Å². The quantitative estimate of drug-likeness (QED) is 0.174. The molecule has 1 aromatic rings. The van der Waals surface area contributed by atoms with E-state index in [9.17, 15) is 9.59 Å². The first-order valence-corrected chi connectivity index (χ1v) is 12.0. The number of methoxy groups -OCH3 is 1. The minimum absolute atomic E-state index is 0.00423. The fourth-order valence-corrected chi connectivity index (χ4v) is 3.92. The van der Waals surface area contributed by atoms with Gasteiger partial charge in [0.25, 0.3) is 5.22 Å². The average Bonchev–Trinajstić information content (AvgIpc) is 2.99. The number of hydrogen-bond acceptors (Lipinski definition) is 7. The summed E-state index contributed by atoms with van der Waals surface area (Å²) in [6.45, 7) is 5.68. The van der Waals surface area contributed by atoms with Crippen LogP contribution in [-0.4, -0.2) is 55.6 Å². The number of carbonyl (C=O) groups is 2. The molecule has 0 saturated heterocycles. The van der Waals surface area contributed by atoms with Crippen LogP contribution in [0.5, 0.6) is 0 Å². The van der Waals surface area contributed by atoms with E-state index < -0.39 is 0 Å². The normalized spacial score (nSPS) is 15.3. The molecule has 0 aliphatic heterocycles. The SMILES string of the molecule is COCCOCCSc1n[n+](C(=O)NC2CCCCCC2)c(C(=O)CCC(C)C)o1. The highest BCUT2D eigenvalue weighted by Crippen LogP contribution is 2.19. The number of Topliss-reactive ketones (excluding diaryl/α,β-unsaturated/α-hetero) is 1. The maximum Gasteiger partial charge on any atom is 0.520 e. The number of ketones is 1. The van der Waals surface area contributed by atoms with E-state index in [0.717, 1.165) is 36.8 Å². The van der Waals surface area contributed by atoms with Gasteiger partial charge in [-0.1, -0.05) is 38.5 Å². The van der Waals surface area contributed by atoms with Gasteiger partial charge >= 0.3 is 11.9 Å². The summed E-state index contributed by atoms with van der Waals surface area (Å²) < 4.78 is 17.2. The lowest BCUT2D eigenvalue weighted by atomic mass is 10.1. The van der Waals surface area contributed by atoms with Gasteiger partial charge in [-0.3, -0.25) is 4.79 Å². The predicted octanol–water partition coefficient (Wildman–Crippen LogP) is 3.62. The van der Waals surface area contributed by atoms with Crippen LogP contribution in [0.25, 0.3) is 0 Å². The first-order chi connectivity index (χ1) is 14.5. The second-order valence-electron chi connectivity index (χ2n) is 8.03. The molecule has 8 nitrogen and oxygen atoms in total. The highest BCUT2D eigenvalue weighted by molar-refractivity contribution is 7.99. The lowest BCUT2D eigenvalue weighted by molar-refractivity contribution is -0.640. The summed E-state index contributed by atoms with van der Waals surface area (Å²) in [5.41, 5.74) is 0. The third kappa shape index (κ3) is 8.73. The molecule has 1 aliphatic carbocycles. The molecule has 0 spiro atoms. The molecule has 0 aromatic carbocycles. The van der Waals surface area contributed by atoms with Crippen molar-refractivity contribution in [1.82, 2.24) is 10.4 Å². The van der Waals surface area contributed by atoms with Crippen LogP contribution in [0.3, 0.4) is 0 Å². The molecule has 170 valence electrons. The van der Waals surface area contributed by atoms with Crippen LogP contribution < -0.4 is 10.00 Å². The van der Waals surface area contributed by atoms with Crippen molar-refractivity contribution in [1.29, 1.82) is 0 Å². The first kappa shape index (κ1) is 24.8. The van der Waals surface area contributed by atoms with E-state index in [0.29, 0.717) is 43.1 Å². The molecule has 0 radical (unpaired) electrons. The summed E-state index contributed by atoms with van der Waals surface area (Å²) in [6.07, 6.45) is 7.61. The zero-order valence-electron chi connectivity index (χ0n) is 18.5. The first-order valence-electron chi connectivity index (χ1n) is 11.0. The van der Waals surface area contributed by atoms with Gasteiger partial charge in [-0.25, -0.2) is 5.32 Å². The van der Waals surface area contributed by atoms with Crippen molar-refractivity contribution in [2.75, 3.05) is 32.7 Å². The molecule has 2 rings (SSSR count).